The van der Waals surface area contributed by atoms with Gasteiger partial charge in [-0.3, -0.25) is 9.59 Å². The van der Waals surface area contributed by atoms with Crippen molar-refractivity contribution in [2.75, 3.05) is 20.3 Å². The second-order valence-electron chi connectivity index (χ2n) is 5.63. The summed E-state index contributed by atoms with van der Waals surface area (Å²) >= 11 is 0. The van der Waals surface area contributed by atoms with E-state index in [2.05, 4.69) is 5.32 Å². The van der Waals surface area contributed by atoms with Crippen molar-refractivity contribution < 1.29 is 24.5 Å². The molecule has 0 aromatic rings. The Bertz CT molecular complexity index is 531. The third kappa shape index (κ3) is 3.08. The van der Waals surface area contributed by atoms with E-state index in [0.717, 1.165) is 0 Å². The SMILES string of the molecule is CC[C@H](C)C(=O)C1=C(NCCO)[C@@](C)(O)C(=O)C(C)=C1OC. The standard InChI is InChI=1S/C16H25NO5/c1-6-9(2)12(19)11-13(22-5)10(3)15(20)16(4,21)14(11)17-7-8-18/h9,17-18,21H,6-8H2,1-5H3/t9-,16+/m0/s1. The van der Waals surface area contributed by atoms with Crippen molar-refractivity contribution >= 4 is 11.6 Å². The van der Waals surface area contributed by atoms with Crippen LogP contribution in [-0.2, 0) is 14.3 Å². The molecule has 2 atom stereocenters. The molecule has 0 spiro atoms. The van der Waals surface area contributed by atoms with Gasteiger partial charge in [0.25, 0.3) is 0 Å². The minimum atomic E-state index is -1.85. The van der Waals surface area contributed by atoms with Crippen LogP contribution in [0.2, 0.25) is 0 Å². The second kappa shape index (κ2) is 7.07. The van der Waals surface area contributed by atoms with Crippen molar-refractivity contribution in [3.05, 3.63) is 22.6 Å². The van der Waals surface area contributed by atoms with E-state index in [1.54, 1.807) is 6.92 Å². The van der Waals surface area contributed by atoms with Gasteiger partial charge in [0.1, 0.15) is 5.76 Å². The summed E-state index contributed by atoms with van der Waals surface area (Å²) in [6.45, 7) is 6.47. The first kappa shape index (κ1) is 18.4. The van der Waals surface area contributed by atoms with Crippen molar-refractivity contribution in [1.29, 1.82) is 0 Å². The zero-order chi connectivity index (χ0) is 17.1. The summed E-state index contributed by atoms with van der Waals surface area (Å²) in [7, 11) is 1.39. The third-order valence-corrected chi connectivity index (χ3v) is 4.01. The Kier molecular flexibility index (Phi) is 5.91. The quantitative estimate of drug-likeness (QED) is 0.640. The first-order chi connectivity index (χ1) is 10.2. The Hall–Kier alpha value is -1.66. The molecular formula is C16H25NO5. The molecule has 0 saturated carbocycles. The summed E-state index contributed by atoms with van der Waals surface area (Å²) in [6.07, 6.45) is 0.627. The lowest BCUT2D eigenvalue weighted by Crippen LogP contribution is -2.48. The van der Waals surface area contributed by atoms with Crippen LogP contribution in [0.1, 0.15) is 34.1 Å². The maximum Gasteiger partial charge on any atom is 0.199 e. The Morgan fingerprint density at radius 3 is 2.50 bits per heavy atom. The van der Waals surface area contributed by atoms with Crippen molar-refractivity contribution in [2.45, 2.75) is 39.7 Å². The van der Waals surface area contributed by atoms with E-state index in [-0.39, 0.29) is 47.5 Å². The summed E-state index contributed by atoms with van der Waals surface area (Å²) in [5.41, 5.74) is -1.35. The van der Waals surface area contributed by atoms with Crippen LogP contribution in [0.5, 0.6) is 0 Å². The van der Waals surface area contributed by atoms with Crippen molar-refractivity contribution in [1.82, 2.24) is 5.32 Å². The third-order valence-electron chi connectivity index (χ3n) is 4.01. The Labute approximate surface area is 130 Å². The number of Topliss-reactive ketones (excluding diaryl/α,β-unsaturated/α-hetero) is 2. The van der Waals surface area contributed by atoms with Gasteiger partial charge in [0.15, 0.2) is 17.2 Å². The van der Waals surface area contributed by atoms with E-state index in [9.17, 15) is 14.7 Å². The molecule has 124 valence electrons. The highest BCUT2D eigenvalue weighted by Gasteiger charge is 2.45. The normalized spacial score (nSPS) is 23.7. The fourth-order valence-corrected chi connectivity index (χ4v) is 2.49. The summed E-state index contributed by atoms with van der Waals surface area (Å²) < 4.78 is 5.27. The van der Waals surface area contributed by atoms with Gasteiger partial charge < -0.3 is 20.3 Å². The largest absolute Gasteiger partial charge is 0.496 e. The molecule has 0 aromatic heterocycles. The minimum absolute atomic E-state index is 0.0966. The lowest BCUT2D eigenvalue weighted by molar-refractivity contribution is -0.129. The maximum absolute atomic E-state index is 12.7. The van der Waals surface area contributed by atoms with Gasteiger partial charge in [-0.2, -0.15) is 0 Å². The number of nitrogens with one attached hydrogen (secondary N) is 1. The van der Waals surface area contributed by atoms with E-state index in [1.165, 1.54) is 21.0 Å². The molecule has 0 radical (unpaired) electrons. The number of allylic oxidation sites excluding steroid dienone is 1. The highest BCUT2D eigenvalue weighted by atomic mass is 16.5. The number of hydrogen-bond acceptors (Lipinski definition) is 6. The molecule has 0 aromatic carbocycles. The Morgan fingerprint density at radius 1 is 1.45 bits per heavy atom. The number of hydrogen-bond donors (Lipinski definition) is 3. The number of ether oxygens (including phenoxy) is 1. The van der Waals surface area contributed by atoms with Gasteiger partial charge in [-0.25, -0.2) is 0 Å². The van der Waals surface area contributed by atoms with E-state index < -0.39 is 11.4 Å². The molecule has 0 amide bonds. The zero-order valence-corrected chi connectivity index (χ0v) is 13.8. The van der Waals surface area contributed by atoms with Gasteiger partial charge in [-0.15, -0.1) is 0 Å². The summed E-state index contributed by atoms with van der Waals surface area (Å²) in [5, 5.41) is 22.4. The molecule has 22 heavy (non-hydrogen) atoms. The summed E-state index contributed by atoms with van der Waals surface area (Å²) in [5.74, 6) is -0.817. The summed E-state index contributed by atoms with van der Waals surface area (Å²) in [4.78, 5) is 25.1. The molecular weight excluding hydrogens is 286 g/mol. The lowest BCUT2D eigenvalue weighted by Gasteiger charge is -2.34. The number of methoxy groups -OCH3 is 1. The van der Waals surface area contributed by atoms with Crippen LogP contribution in [0.25, 0.3) is 0 Å². The maximum atomic E-state index is 12.7. The van der Waals surface area contributed by atoms with Gasteiger partial charge in [-0.1, -0.05) is 13.8 Å². The highest BCUT2D eigenvalue weighted by Crippen LogP contribution is 2.35. The molecule has 1 rings (SSSR count). The van der Waals surface area contributed by atoms with Crippen LogP contribution in [0.15, 0.2) is 22.6 Å². The molecule has 0 saturated heterocycles. The predicted octanol–water partition coefficient (Wildman–Crippen LogP) is 0.692. The van der Waals surface area contributed by atoms with Crippen LogP contribution < -0.4 is 5.32 Å². The van der Waals surface area contributed by atoms with Crippen LogP contribution in [0.3, 0.4) is 0 Å². The Balaban J connectivity index is 3.58. The zero-order valence-electron chi connectivity index (χ0n) is 13.8. The van der Waals surface area contributed by atoms with Gasteiger partial charge in [0.2, 0.25) is 0 Å². The number of carbonyl (C=O) groups excluding carboxylic acids is 2. The molecule has 0 aliphatic heterocycles. The van der Waals surface area contributed by atoms with Gasteiger partial charge in [-0.05, 0) is 20.3 Å². The molecule has 1 aliphatic rings. The summed E-state index contributed by atoms with van der Waals surface area (Å²) in [6, 6.07) is 0. The monoisotopic (exact) mass is 311 g/mol. The van der Waals surface area contributed by atoms with Crippen LogP contribution in [-0.4, -0.2) is 47.6 Å². The van der Waals surface area contributed by atoms with E-state index in [0.29, 0.717) is 6.42 Å². The molecule has 0 unspecified atom stereocenters. The highest BCUT2D eigenvalue weighted by molar-refractivity contribution is 6.12. The fourth-order valence-electron chi connectivity index (χ4n) is 2.49. The Morgan fingerprint density at radius 2 is 2.05 bits per heavy atom. The molecule has 0 heterocycles. The van der Waals surface area contributed by atoms with Gasteiger partial charge >= 0.3 is 0 Å². The predicted molar refractivity (Wildman–Crippen MR) is 81.9 cm³/mol. The first-order valence-electron chi connectivity index (χ1n) is 7.40. The number of aliphatic hydroxyl groups excluding tert-OH is 1. The molecule has 1 aliphatic carbocycles. The van der Waals surface area contributed by atoms with Crippen LogP contribution >= 0.6 is 0 Å². The number of rotatable bonds is 7. The van der Waals surface area contributed by atoms with Gasteiger partial charge in [0, 0.05) is 18.0 Å². The van der Waals surface area contributed by atoms with Crippen molar-refractivity contribution in [2.24, 2.45) is 5.92 Å². The fraction of sp³-hybridized carbons (Fsp3) is 0.625. The average molecular weight is 311 g/mol. The van der Waals surface area contributed by atoms with E-state index in [4.69, 9.17) is 9.84 Å². The molecule has 0 bridgehead atoms. The number of carbonyl (C=O) groups is 2. The van der Waals surface area contributed by atoms with Gasteiger partial charge in [0.05, 0.1) is 25.0 Å². The molecule has 6 nitrogen and oxygen atoms in total. The van der Waals surface area contributed by atoms with Crippen molar-refractivity contribution in [3.8, 4) is 0 Å². The minimum Gasteiger partial charge on any atom is -0.496 e. The van der Waals surface area contributed by atoms with Crippen LogP contribution in [0.4, 0.5) is 0 Å². The lowest BCUT2D eigenvalue weighted by atomic mass is 9.79. The van der Waals surface area contributed by atoms with Crippen molar-refractivity contribution in [3.63, 3.8) is 0 Å². The van der Waals surface area contributed by atoms with Crippen LogP contribution in [0, 0.1) is 5.92 Å². The second-order valence-corrected chi connectivity index (χ2v) is 5.63. The van der Waals surface area contributed by atoms with E-state index in [1.807, 2.05) is 6.92 Å². The topological polar surface area (TPSA) is 95.9 Å². The van der Waals surface area contributed by atoms with E-state index >= 15 is 0 Å². The number of aliphatic hydroxyl groups is 2. The molecule has 3 N–H and O–H groups in total. The smallest absolute Gasteiger partial charge is 0.199 e. The molecule has 6 heteroatoms. The first-order valence-corrected chi connectivity index (χ1v) is 7.40. The average Bonchev–Trinajstić information content (AvgIpc) is 2.50. The molecule has 0 fully saturated rings. The number of ketones is 2.